The summed E-state index contributed by atoms with van der Waals surface area (Å²) in [6.45, 7) is 0. The van der Waals surface area contributed by atoms with Gasteiger partial charge >= 0.3 is 5.97 Å². The van der Waals surface area contributed by atoms with E-state index in [1.165, 1.54) is 0 Å². The minimum Gasteiger partial charge on any atom is -0.404 e. The van der Waals surface area contributed by atoms with Crippen LogP contribution < -0.4 is 0 Å². The molecule has 0 aliphatic carbocycles. The first-order valence-electron chi connectivity index (χ1n) is 5.75. The van der Waals surface area contributed by atoms with Gasteiger partial charge in [0.15, 0.2) is 0 Å². The maximum absolute atomic E-state index is 11.9. The number of thiocarbonyl (C=S) groups is 1. The van der Waals surface area contributed by atoms with Gasteiger partial charge in [-0.2, -0.15) is 0 Å². The van der Waals surface area contributed by atoms with Crippen LogP contribution in [0.1, 0.15) is 20.7 Å². The number of esters is 1. The molecule has 0 unspecified atom stereocenters. The van der Waals surface area contributed by atoms with E-state index >= 15 is 0 Å². The average Bonchev–Trinajstić information content (AvgIpc) is 2.49. The largest absolute Gasteiger partial charge is 0.404 e. The summed E-state index contributed by atoms with van der Waals surface area (Å²) < 4.78 is 4.86. The topological polar surface area (TPSA) is 43.4 Å². The van der Waals surface area contributed by atoms with Crippen molar-refractivity contribution in [1.29, 1.82) is 0 Å². The molecule has 0 saturated carbocycles. The zero-order valence-corrected chi connectivity index (χ0v) is 11.9. The molecule has 0 bridgehead atoms. The lowest BCUT2D eigenvalue weighted by atomic mass is 10.2. The predicted octanol–water partition coefficient (Wildman–Crippen LogP) is 3.70. The van der Waals surface area contributed by atoms with Crippen LogP contribution in [0.15, 0.2) is 60.7 Å². The standard InChI is InChI=1S/C15H10O3S2/c16-13(11-7-3-1-4-8-11)18-15(19)20-14(17)12-9-5-2-6-10-12/h1-10H. The smallest absolute Gasteiger partial charge is 0.344 e. The first-order valence-corrected chi connectivity index (χ1v) is 6.97. The molecule has 0 aliphatic heterocycles. The fraction of sp³-hybridized carbons (Fsp3) is 0. The Balaban J connectivity index is 1.93. The summed E-state index contributed by atoms with van der Waals surface area (Å²) in [6.07, 6.45) is 0. The number of ether oxygens (including phenoxy) is 1. The van der Waals surface area contributed by atoms with E-state index in [4.69, 9.17) is 17.0 Å². The molecule has 0 amide bonds. The first kappa shape index (κ1) is 14.4. The fourth-order valence-corrected chi connectivity index (χ4v) is 2.26. The lowest BCUT2D eigenvalue weighted by molar-refractivity contribution is 0.0729. The lowest BCUT2D eigenvalue weighted by Crippen LogP contribution is -2.10. The Morgan fingerprint density at radius 3 is 1.90 bits per heavy atom. The van der Waals surface area contributed by atoms with Crippen LogP contribution in [-0.2, 0) is 4.74 Å². The Labute approximate surface area is 126 Å². The van der Waals surface area contributed by atoms with Gasteiger partial charge in [-0.15, -0.1) is 0 Å². The van der Waals surface area contributed by atoms with Gasteiger partial charge in [0.1, 0.15) is 0 Å². The van der Waals surface area contributed by atoms with Crippen LogP contribution in [0.4, 0.5) is 0 Å². The molecule has 20 heavy (non-hydrogen) atoms. The van der Waals surface area contributed by atoms with Gasteiger partial charge < -0.3 is 4.74 Å². The first-order chi connectivity index (χ1) is 9.66. The molecule has 0 heterocycles. The molecule has 3 nitrogen and oxygen atoms in total. The third-order valence-electron chi connectivity index (χ3n) is 2.37. The molecule has 0 aliphatic rings. The highest BCUT2D eigenvalue weighted by Gasteiger charge is 2.15. The second-order valence-corrected chi connectivity index (χ2v) is 5.34. The van der Waals surface area contributed by atoms with Crippen molar-refractivity contribution in [2.45, 2.75) is 0 Å². The Morgan fingerprint density at radius 2 is 1.35 bits per heavy atom. The van der Waals surface area contributed by atoms with Crippen LogP contribution in [-0.4, -0.2) is 15.5 Å². The number of carbonyl (C=O) groups excluding carboxylic acids is 2. The van der Waals surface area contributed by atoms with Gasteiger partial charge in [-0.3, -0.25) is 4.79 Å². The molecule has 2 aromatic carbocycles. The molecule has 100 valence electrons. The summed E-state index contributed by atoms with van der Waals surface area (Å²) in [6, 6.07) is 17.2. The molecule has 0 aromatic heterocycles. The molecular formula is C15H10O3S2. The van der Waals surface area contributed by atoms with Gasteiger partial charge in [0.05, 0.1) is 5.56 Å². The van der Waals surface area contributed by atoms with Gasteiger partial charge in [0.2, 0.25) is 9.50 Å². The van der Waals surface area contributed by atoms with Crippen molar-refractivity contribution >= 4 is 39.4 Å². The van der Waals surface area contributed by atoms with Crippen molar-refractivity contribution in [2.75, 3.05) is 0 Å². The lowest BCUT2D eigenvalue weighted by Gasteiger charge is -2.04. The summed E-state index contributed by atoms with van der Waals surface area (Å²) in [5.41, 5.74) is 0.901. The van der Waals surface area contributed by atoms with Gasteiger partial charge in [0.25, 0.3) is 0 Å². The van der Waals surface area contributed by atoms with Gasteiger partial charge in [-0.25, -0.2) is 4.79 Å². The Kier molecular flexibility index (Phi) is 5.03. The molecule has 2 aromatic rings. The van der Waals surface area contributed by atoms with E-state index in [1.54, 1.807) is 54.6 Å². The maximum atomic E-state index is 11.9. The average molecular weight is 302 g/mol. The van der Waals surface area contributed by atoms with Crippen molar-refractivity contribution in [3.63, 3.8) is 0 Å². The minimum absolute atomic E-state index is 0.104. The normalized spacial score (nSPS) is 9.80. The van der Waals surface area contributed by atoms with Crippen LogP contribution in [0.5, 0.6) is 0 Å². The van der Waals surface area contributed by atoms with E-state index in [9.17, 15) is 9.59 Å². The summed E-state index contributed by atoms with van der Waals surface area (Å²) >= 11 is 5.63. The van der Waals surface area contributed by atoms with Crippen molar-refractivity contribution < 1.29 is 14.3 Å². The van der Waals surface area contributed by atoms with E-state index in [0.29, 0.717) is 11.1 Å². The zero-order valence-electron chi connectivity index (χ0n) is 10.3. The minimum atomic E-state index is -0.566. The quantitative estimate of drug-likeness (QED) is 0.625. The van der Waals surface area contributed by atoms with Gasteiger partial charge in [0, 0.05) is 17.3 Å². The predicted molar refractivity (Wildman–Crippen MR) is 82.8 cm³/mol. The third-order valence-corrected chi connectivity index (χ3v) is 3.38. The number of rotatable bonds is 2. The molecule has 5 heteroatoms. The van der Waals surface area contributed by atoms with Crippen LogP contribution in [0.3, 0.4) is 0 Å². The third kappa shape index (κ3) is 4.01. The highest BCUT2D eigenvalue weighted by atomic mass is 32.2. The Bertz CT molecular complexity index is 569. The number of hydrogen-bond acceptors (Lipinski definition) is 5. The second-order valence-electron chi connectivity index (χ2n) is 3.76. The molecule has 0 radical (unpaired) electrons. The second kappa shape index (κ2) is 6.98. The highest BCUT2D eigenvalue weighted by molar-refractivity contribution is 8.32. The number of thioether (sulfide) groups is 1. The van der Waals surface area contributed by atoms with Gasteiger partial charge in [-0.1, -0.05) is 48.5 Å². The Morgan fingerprint density at radius 1 is 0.850 bits per heavy atom. The van der Waals surface area contributed by atoms with Crippen molar-refractivity contribution in [3.8, 4) is 0 Å². The fourth-order valence-electron chi connectivity index (χ4n) is 1.44. The highest BCUT2D eigenvalue weighted by Crippen LogP contribution is 2.16. The van der Waals surface area contributed by atoms with Crippen molar-refractivity contribution in [1.82, 2.24) is 0 Å². The molecule has 2 rings (SSSR count). The van der Waals surface area contributed by atoms with Crippen LogP contribution in [0.2, 0.25) is 0 Å². The summed E-state index contributed by atoms with van der Waals surface area (Å²) in [5.74, 6) is -0.566. The van der Waals surface area contributed by atoms with E-state index in [0.717, 1.165) is 11.8 Å². The number of benzene rings is 2. The molecule has 0 spiro atoms. The summed E-state index contributed by atoms with van der Waals surface area (Å²) in [4.78, 5) is 23.6. The number of hydrogen-bond donors (Lipinski definition) is 0. The van der Waals surface area contributed by atoms with Crippen LogP contribution in [0.25, 0.3) is 0 Å². The zero-order chi connectivity index (χ0) is 14.4. The summed E-state index contributed by atoms with van der Waals surface area (Å²) in [7, 11) is 0. The van der Waals surface area contributed by atoms with E-state index in [1.807, 2.05) is 6.07 Å². The van der Waals surface area contributed by atoms with Crippen molar-refractivity contribution in [2.24, 2.45) is 0 Å². The molecule has 0 saturated heterocycles. The van der Waals surface area contributed by atoms with Crippen LogP contribution in [0, 0.1) is 0 Å². The molecule has 0 atom stereocenters. The van der Waals surface area contributed by atoms with Crippen molar-refractivity contribution in [3.05, 3.63) is 71.8 Å². The maximum Gasteiger partial charge on any atom is 0.344 e. The summed E-state index contributed by atoms with van der Waals surface area (Å²) in [5, 5.41) is -0.253. The molecular weight excluding hydrogens is 292 g/mol. The SMILES string of the molecule is O=C(OC(=S)SC(=O)c1ccccc1)c1ccccc1. The monoisotopic (exact) mass is 302 g/mol. The van der Waals surface area contributed by atoms with E-state index < -0.39 is 5.97 Å². The molecule has 0 fully saturated rings. The van der Waals surface area contributed by atoms with E-state index in [-0.39, 0.29) is 9.50 Å². The van der Waals surface area contributed by atoms with Crippen LogP contribution >= 0.6 is 24.0 Å². The number of carbonyl (C=O) groups is 2. The van der Waals surface area contributed by atoms with E-state index in [2.05, 4.69) is 0 Å². The molecule has 0 N–H and O–H groups in total. The Hall–Kier alpha value is -1.98. The van der Waals surface area contributed by atoms with Gasteiger partial charge in [-0.05, 0) is 24.4 Å².